The molecule has 204 valence electrons. The fourth-order valence-electron chi connectivity index (χ4n) is 4.52. The van der Waals surface area contributed by atoms with Crippen molar-refractivity contribution in [2.24, 2.45) is 11.8 Å². The fourth-order valence-corrected chi connectivity index (χ4v) is 6.41. The fraction of sp³-hybridized carbons (Fsp3) is 0.462. The number of aryl methyl sites for hydroxylation is 1. The lowest BCUT2D eigenvalue weighted by atomic mass is 10.0. The van der Waals surface area contributed by atoms with Gasteiger partial charge < -0.3 is 23.9 Å². The third-order valence-electron chi connectivity index (χ3n) is 6.41. The number of nitrogens with zero attached hydrogens (tertiary/aromatic N) is 3. The quantitative estimate of drug-likeness (QED) is 0.221. The lowest BCUT2D eigenvalue weighted by Crippen LogP contribution is -2.25. The summed E-state index contributed by atoms with van der Waals surface area (Å²) < 4.78 is 32.5. The van der Waals surface area contributed by atoms with Crippen LogP contribution in [0.5, 0.6) is 5.75 Å². The number of carbonyl (C=O) groups excluding carboxylic acids is 1. The number of hydrogen-bond donors (Lipinski definition) is 2. The van der Waals surface area contributed by atoms with Crippen molar-refractivity contribution < 1.29 is 28.3 Å². The second kappa shape index (κ2) is 11.2. The van der Waals surface area contributed by atoms with Gasteiger partial charge in [-0.05, 0) is 44.9 Å². The lowest BCUT2D eigenvalue weighted by molar-refractivity contribution is -0.151. The Hall–Kier alpha value is -3.27. The Labute approximate surface area is 220 Å². The smallest absolute Gasteiger partial charge is 0.380 e. The number of rotatable bonds is 10. The average molecular weight is 545 g/mol. The molecule has 1 aliphatic carbocycles. The van der Waals surface area contributed by atoms with Gasteiger partial charge in [0.25, 0.3) is 5.56 Å². The van der Waals surface area contributed by atoms with Crippen LogP contribution in [0.25, 0.3) is 11.2 Å². The van der Waals surface area contributed by atoms with E-state index in [9.17, 15) is 19.3 Å². The van der Waals surface area contributed by atoms with Crippen LogP contribution in [0.4, 0.5) is 0 Å². The van der Waals surface area contributed by atoms with E-state index in [1.54, 1.807) is 62.6 Å². The Morgan fingerprint density at radius 3 is 2.68 bits per heavy atom. The maximum absolute atomic E-state index is 13.9. The van der Waals surface area contributed by atoms with Gasteiger partial charge in [-0.1, -0.05) is 31.7 Å². The van der Waals surface area contributed by atoms with Crippen LogP contribution in [0.3, 0.4) is 0 Å². The molecule has 3 aromatic rings. The maximum Gasteiger partial charge on any atom is 0.380 e. The number of aliphatic hydroxyl groups is 1. The highest BCUT2D eigenvalue weighted by molar-refractivity contribution is 7.54. The molecule has 4 rings (SSSR count). The van der Waals surface area contributed by atoms with Gasteiger partial charge in [0, 0.05) is 5.92 Å². The van der Waals surface area contributed by atoms with Crippen LogP contribution >= 0.6 is 7.60 Å². The molecule has 1 saturated carbocycles. The molecule has 38 heavy (non-hydrogen) atoms. The molecule has 0 amide bonds. The van der Waals surface area contributed by atoms with Crippen molar-refractivity contribution in [3.05, 3.63) is 65.0 Å². The minimum atomic E-state index is -3.86. The molecule has 0 radical (unpaired) electrons. The maximum atomic E-state index is 13.9. The van der Waals surface area contributed by atoms with Crippen molar-refractivity contribution in [2.75, 3.05) is 12.8 Å². The van der Waals surface area contributed by atoms with Crippen LogP contribution < -0.4 is 10.1 Å². The van der Waals surface area contributed by atoms with E-state index in [2.05, 4.69) is 21.5 Å². The lowest BCUT2D eigenvalue weighted by Gasteiger charge is -2.25. The molecule has 1 aliphatic rings. The number of esters is 1. The van der Waals surface area contributed by atoms with Crippen LogP contribution in [0.1, 0.15) is 39.1 Å². The van der Waals surface area contributed by atoms with Gasteiger partial charge in [-0.25, -0.2) is 14.5 Å². The summed E-state index contributed by atoms with van der Waals surface area (Å²) in [6.45, 7) is 10.8. The van der Waals surface area contributed by atoms with E-state index < -0.39 is 37.5 Å². The van der Waals surface area contributed by atoms with Crippen molar-refractivity contribution in [1.29, 1.82) is 0 Å². The number of ether oxygens (including phenoxy) is 1. The number of H-pyrrole nitrogens is 1. The second-order valence-electron chi connectivity index (χ2n) is 9.86. The molecule has 2 aromatic heterocycles. The summed E-state index contributed by atoms with van der Waals surface area (Å²) in [5, 5.41) is 10.9. The Morgan fingerprint density at radius 2 is 2.00 bits per heavy atom. The largest absolute Gasteiger partial charge is 0.463 e. The highest BCUT2D eigenvalue weighted by atomic mass is 31.2. The first kappa shape index (κ1) is 27.8. The number of benzene rings is 1. The normalized spacial score (nSPS) is 21.9. The SMILES string of the molecule is C=C1[C@H](CO[P@](=O)(C[C@@H](C)C(=O)OC(C)C)Oc2ccccc2)[C@@H](O)C[C@@H]1n1cnc2c(=O)[nH]c(C)nc21. The Morgan fingerprint density at radius 1 is 1.29 bits per heavy atom. The summed E-state index contributed by atoms with van der Waals surface area (Å²) in [7, 11) is -3.86. The number of aliphatic hydroxyl groups excluding tert-OH is 1. The Bertz CT molecular complexity index is 1420. The molecule has 1 aromatic carbocycles. The first-order chi connectivity index (χ1) is 18.0. The molecule has 0 aliphatic heterocycles. The molecule has 11 nitrogen and oxygen atoms in total. The van der Waals surface area contributed by atoms with Crippen molar-refractivity contribution in [2.45, 2.75) is 52.4 Å². The Balaban J connectivity index is 1.53. The van der Waals surface area contributed by atoms with Gasteiger partial charge in [-0.15, -0.1) is 0 Å². The van der Waals surface area contributed by atoms with Crippen LogP contribution in [0.2, 0.25) is 0 Å². The first-order valence-corrected chi connectivity index (χ1v) is 14.2. The van der Waals surface area contributed by atoms with E-state index in [-0.39, 0.29) is 36.4 Å². The van der Waals surface area contributed by atoms with Gasteiger partial charge in [0.05, 0.1) is 43.3 Å². The zero-order chi connectivity index (χ0) is 27.6. The summed E-state index contributed by atoms with van der Waals surface area (Å²) in [5.41, 5.74) is 0.858. The molecular weight excluding hydrogens is 511 g/mol. The molecule has 2 heterocycles. The molecular formula is C26H33N4O7P. The molecule has 0 bridgehead atoms. The van der Waals surface area contributed by atoms with Crippen molar-refractivity contribution in [3.8, 4) is 5.75 Å². The van der Waals surface area contributed by atoms with Gasteiger partial charge in [0.1, 0.15) is 11.6 Å². The molecule has 12 heteroatoms. The van der Waals surface area contributed by atoms with Crippen molar-refractivity contribution >= 4 is 24.7 Å². The highest BCUT2D eigenvalue weighted by Crippen LogP contribution is 2.52. The second-order valence-corrected chi connectivity index (χ2v) is 11.9. The van der Waals surface area contributed by atoms with E-state index in [0.717, 1.165) is 0 Å². The number of fused-ring (bicyclic) bond motifs is 1. The van der Waals surface area contributed by atoms with E-state index >= 15 is 0 Å². The number of carbonyl (C=O) groups is 1. The highest BCUT2D eigenvalue weighted by Gasteiger charge is 2.41. The molecule has 0 spiro atoms. The van der Waals surface area contributed by atoms with Gasteiger partial charge in [0.15, 0.2) is 11.2 Å². The zero-order valence-electron chi connectivity index (χ0n) is 21.9. The molecule has 0 unspecified atom stereocenters. The van der Waals surface area contributed by atoms with Crippen LogP contribution in [0, 0.1) is 18.8 Å². The minimum Gasteiger partial charge on any atom is -0.463 e. The number of aromatic amines is 1. The van der Waals surface area contributed by atoms with E-state index in [1.165, 1.54) is 6.33 Å². The van der Waals surface area contributed by atoms with Gasteiger partial charge in [0.2, 0.25) is 0 Å². The van der Waals surface area contributed by atoms with E-state index in [0.29, 0.717) is 22.8 Å². The third-order valence-corrected chi connectivity index (χ3v) is 8.44. The predicted octanol–water partition coefficient (Wildman–Crippen LogP) is 3.78. The number of hydrogen-bond acceptors (Lipinski definition) is 9. The van der Waals surface area contributed by atoms with Crippen LogP contribution in [-0.4, -0.2) is 55.6 Å². The third kappa shape index (κ3) is 6.06. The Kier molecular flexibility index (Phi) is 8.20. The molecule has 5 atom stereocenters. The van der Waals surface area contributed by atoms with Gasteiger partial charge in [-0.2, -0.15) is 0 Å². The minimum absolute atomic E-state index is 0.147. The number of nitrogens with one attached hydrogen (secondary N) is 1. The topological polar surface area (TPSA) is 146 Å². The number of imidazole rings is 1. The number of aromatic nitrogens is 4. The summed E-state index contributed by atoms with van der Waals surface area (Å²) in [6.07, 6.45) is 0.407. The van der Waals surface area contributed by atoms with Crippen molar-refractivity contribution in [1.82, 2.24) is 19.5 Å². The first-order valence-electron chi connectivity index (χ1n) is 12.5. The van der Waals surface area contributed by atoms with Gasteiger partial charge >= 0.3 is 13.6 Å². The monoisotopic (exact) mass is 544 g/mol. The standard InChI is InChI=1S/C26H33N4O7P/c1-15(2)36-26(33)16(3)13-38(34,37-19-9-7-6-8-10-19)35-12-20-17(4)21(11-22(20)31)30-14-27-23-24(30)28-18(5)29-25(23)32/h6-10,14-16,20-22,31H,4,11-13H2,1-3,5H3,(H,28,29,32)/t16-,20+,21+,22+,38-/m1/s1. The summed E-state index contributed by atoms with van der Waals surface area (Å²) in [6, 6.07) is 8.16. The molecule has 1 fully saturated rings. The van der Waals surface area contributed by atoms with Gasteiger partial charge in [-0.3, -0.25) is 14.1 Å². The predicted molar refractivity (Wildman–Crippen MR) is 141 cm³/mol. The summed E-state index contributed by atoms with van der Waals surface area (Å²) >= 11 is 0. The van der Waals surface area contributed by atoms with E-state index in [1.807, 2.05) is 0 Å². The summed E-state index contributed by atoms with van der Waals surface area (Å²) in [5.74, 6) is -1.05. The van der Waals surface area contributed by atoms with Crippen molar-refractivity contribution in [3.63, 3.8) is 0 Å². The molecule has 2 N–H and O–H groups in total. The van der Waals surface area contributed by atoms with Crippen LogP contribution in [-0.2, 0) is 18.6 Å². The van der Waals surface area contributed by atoms with Crippen LogP contribution in [0.15, 0.2) is 53.6 Å². The van der Waals surface area contributed by atoms with E-state index in [4.69, 9.17) is 13.8 Å². The summed E-state index contributed by atoms with van der Waals surface area (Å²) in [4.78, 5) is 35.9. The average Bonchev–Trinajstić information content (AvgIpc) is 3.38. The zero-order valence-corrected chi connectivity index (χ0v) is 22.8. The number of para-hydroxylation sites is 1. The molecule has 0 saturated heterocycles.